The van der Waals surface area contributed by atoms with E-state index in [1.165, 1.54) is 6.33 Å². The van der Waals surface area contributed by atoms with E-state index in [1.807, 2.05) is 6.07 Å². The molecule has 0 aliphatic rings. The summed E-state index contributed by atoms with van der Waals surface area (Å²) >= 11 is 3.35. The molecule has 0 unspecified atom stereocenters. The van der Waals surface area contributed by atoms with Gasteiger partial charge in [-0.15, -0.1) is 0 Å². The van der Waals surface area contributed by atoms with Crippen molar-refractivity contribution in [3.8, 4) is 5.88 Å². The first-order chi connectivity index (χ1) is 9.22. The smallest absolute Gasteiger partial charge is 0.245 e. The van der Waals surface area contributed by atoms with Crippen LogP contribution in [-0.4, -0.2) is 24.9 Å². The van der Waals surface area contributed by atoms with Crippen LogP contribution in [0.15, 0.2) is 29.3 Å². The first-order valence-electron chi connectivity index (χ1n) is 5.41. The predicted molar refractivity (Wildman–Crippen MR) is 72.4 cm³/mol. The predicted octanol–water partition coefficient (Wildman–Crippen LogP) is 1.67. The van der Waals surface area contributed by atoms with Crippen LogP contribution in [0.25, 0.3) is 11.2 Å². The monoisotopic (exact) mass is 320 g/mol. The van der Waals surface area contributed by atoms with Gasteiger partial charge in [-0.05, 0) is 22.0 Å². The molecule has 3 rings (SSSR count). The van der Waals surface area contributed by atoms with Crippen LogP contribution in [0.4, 0.5) is 5.95 Å². The van der Waals surface area contributed by atoms with Crippen molar-refractivity contribution >= 4 is 33.0 Å². The second-order valence-electron chi connectivity index (χ2n) is 3.79. The molecule has 0 aromatic carbocycles. The number of nitrogens with two attached hydrogens (primary N) is 1. The first-order valence-corrected chi connectivity index (χ1v) is 6.20. The van der Waals surface area contributed by atoms with E-state index in [9.17, 15) is 0 Å². The summed E-state index contributed by atoms with van der Waals surface area (Å²) in [7, 11) is 0. The second kappa shape index (κ2) is 4.81. The lowest BCUT2D eigenvalue weighted by Gasteiger charge is -2.06. The number of nitrogens with zero attached hydrogens (tertiary/aromatic N) is 4. The maximum absolute atomic E-state index is 5.64. The van der Waals surface area contributed by atoms with Crippen molar-refractivity contribution in [2.24, 2.45) is 0 Å². The summed E-state index contributed by atoms with van der Waals surface area (Å²) in [4.78, 5) is 19.0. The second-order valence-corrected chi connectivity index (χ2v) is 4.70. The summed E-state index contributed by atoms with van der Waals surface area (Å²) in [6.07, 6.45) is 4.95. The summed E-state index contributed by atoms with van der Waals surface area (Å²) in [5.41, 5.74) is 7.62. The fraction of sp³-hybridized carbons (Fsp3) is 0.0909. The van der Waals surface area contributed by atoms with Gasteiger partial charge in [0.05, 0.1) is 6.33 Å². The normalized spacial score (nSPS) is 10.8. The highest BCUT2D eigenvalue weighted by molar-refractivity contribution is 9.10. The Morgan fingerprint density at radius 2 is 2.21 bits per heavy atom. The summed E-state index contributed by atoms with van der Waals surface area (Å²) in [5, 5.41) is 0. The van der Waals surface area contributed by atoms with Gasteiger partial charge in [-0.1, -0.05) is 0 Å². The van der Waals surface area contributed by atoms with Gasteiger partial charge in [0.1, 0.15) is 12.1 Å². The van der Waals surface area contributed by atoms with Crippen LogP contribution in [0.5, 0.6) is 5.88 Å². The number of nitrogen functional groups attached to an aromatic ring is 1. The van der Waals surface area contributed by atoms with Crippen molar-refractivity contribution < 1.29 is 4.74 Å². The Morgan fingerprint density at radius 1 is 1.32 bits per heavy atom. The number of pyridine rings is 1. The molecular formula is C11H9BrN6O. The van der Waals surface area contributed by atoms with Gasteiger partial charge >= 0.3 is 0 Å². The number of ether oxygens (including phenoxy) is 1. The van der Waals surface area contributed by atoms with E-state index in [0.717, 1.165) is 10.0 Å². The molecule has 0 bridgehead atoms. The van der Waals surface area contributed by atoms with Gasteiger partial charge in [0.2, 0.25) is 11.8 Å². The minimum absolute atomic E-state index is 0.127. The number of hydrogen-bond acceptors (Lipinski definition) is 6. The number of fused-ring (bicyclic) bond motifs is 1. The molecule has 96 valence electrons. The van der Waals surface area contributed by atoms with Crippen LogP contribution in [0.3, 0.4) is 0 Å². The third-order valence-corrected chi connectivity index (χ3v) is 2.84. The molecule has 0 saturated heterocycles. The SMILES string of the molecule is Nc1nc(OCc2cncc(Br)c2)c2[nH]cnc2n1. The number of nitrogens with one attached hydrogen (secondary N) is 1. The number of aromatic amines is 1. The van der Waals surface area contributed by atoms with Crippen LogP contribution in [-0.2, 0) is 6.61 Å². The van der Waals surface area contributed by atoms with Gasteiger partial charge in [0, 0.05) is 22.4 Å². The lowest BCUT2D eigenvalue weighted by Crippen LogP contribution is -2.02. The molecule has 0 aliphatic carbocycles. The molecule has 3 aromatic heterocycles. The lowest BCUT2D eigenvalue weighted by atomic mass is 10.3. The minimum atomic E-state index is 0.127. The zero-order valence-electron chi connectivity index (χ0n) is 9.67. The highest BCUT2D eigenvalue weighted by Gasteiger charge is 2.09. The van der Waals surface area contributed by atoms with Crippen LogP contribution < -0.4 is 10.5 Å². The minimum Gasteiger partial charge on any atom is -0.471 e. The van der Waals surface area contributed by atoms with E-state index in [-0.39, 0.29) is 5.95 Å². The highest BCUT2D eigenvalue weighted by Crippen LogP contribution is 2.21. The number of rotatable bonds is 3. The lowest BCUT2D eigenvalue weighted by molar-refractivity contribution is 0.297. The number of aromatic nitrogens is 5. The third kappa shape index (κ3) is 2.48. The van der Waals surface area contributed by atoms with Crippen molar-refractivity contribution in [1.29, 1.82) is 0 Å². The Hall–Kier alpha value is -2.22. The van der Waals surface area contributed by atoms with Crippen molar-refractivity contribution in [2.75, 3.05) is 5.73 Å². The fourth-order valence-electron chi connectivity index (χ4n) is 1.61. The standard InChI is InChI=1S/C11H9BrN6O/c12-7-1-6(2-14-3-7)4-19-10-8-9(16-5-15-8)17-11(13)18-10/h1-3,5H,4H2,(H3,13,15,16,17,18). The Balaban J connectivity index is 1.87. The number of H-pyrrole nitrogens is 1. The molecule has 3 heterocycles. The molecule has 0 saturated carbocycles. The molecule has 3 N–H and O–H groups in total. The Morgan fingerprint density at radius 3 is 3.05 bits per heavy atom. The average molecular weight is 321 g/mol. The van der Waals surface area contributed by atoms with Crippen LogP contribution >= 0.6 is 15.9 Å². The Labute approximate surface area is 116 Å². The summed E-state index contributed by atoms with van der Waals surface area (Å²) in [6.45, 7) is 0.330. The van der Waals surface area contributed by atoms with Gasteiger partial charge in [-0.3, -0.25) is 4.98 Å². The van der Waals surface area contributed by atoms with E-state index in [1.54, 1.807) is 12.4 Å². The molecule has 0 spiro atoms. The van der Waals surface area contributed by atoms with Crippen molar-refractivity contribution in [3.05, 3.63) is 34.8 Å². The quantitative estimate of drug-likeness (QED) is 0.761. The van der Waals surface area contributed by atoms with Gasteiger partial charge in [0.15, 0.2) is 5.65 Å². The molecule has 0 atom stereocenters. The molecule has 7 nitrogen and oxygen atoms in total. The molecule has 0 aliphatic heterocycles. The molecule has 8 heteroatoms. The van der Waals surface area contributed by atoms with Crippen molar-refractivity contribution in [3.63, 3.8) is 0 Å². The molecule has 3 aromatic rings. The summed E-state index contributed by atoms with van der Waals surface area (Å²) in [5.74, 6) is 0.502. The van der Waals surface area contributed by atoms with Crippen LogP contribution in [0.1, 0.15) is 5.56 Å². The fourth-order valence-corrected chi connectivity index (χ4v) is 2.03. The number of halogens is 1. The van der Waals surface area contributed by atoms with E-state index >= 15 is 0 Å². The maximum Gasteiger partial charge on any atom is 0.245 e. The van der Waals surface area contributed by atoms with Crippen LogP contribution in [0, 0.1) is 0 Å². The van der Waals surface area contributed by atoms with E-state index in [0.29, 0.717) is 23.7 Å². The van der Waals surface area contributed by atoms with E-state index in [4.69, 9.17) is 10.5 Å². The topological polar surface area (TPSA) is 103 Å². The largest absolute Gasteiger partial charge is 0.471 e. The van der Waals surface area contributed by atoms with Gasteiger partial charge in [-0.2, -0.15) is 9.97 Å². The summed E-state index contributed by atoms with van der Waals surface area (Å²) in [6, 6.07) is 1.92. The van der Waals surface area contributed by atoms with E-state index in [2.05, 4.69) is 40.8 Å². The van der Waals surface area contributed by atoms with Gasteiger partial charge in [0.25, 0.3) is 0 Å². The summed E-state index contributed by atoms with van der Waals surface area (Å²) < 4.78 is 6.53. The van der Waals surface area contributed by atoms with Gasteiger partial charge in [-0.25, -0.2) is 4.98 Å². The van der Waals surface area contributed by atoms with Crippen LogP contribution in [0.2, 0.25) is 0 Å². The molecular weight excluding hydrogens is 312 g/mol. The Kier molecular flexibility index (Phi) is 3.00. The average Bonchev–Trinajstić information content (AvgIpc) is 2.84. The van der Waals surface area contributed by atoms with Crippen molar-refractivity contribution in [2.45, 2.75) is 6.61 Å². The number of hydrogen-bond donors (Lipinski definition) is 2. The Bertz CT molecular complexity index is 728. The molecule has 0 radical (unpaired) electrons. The zero-order valence-corrected chi connectivity index (χ0v) is 11.3. The first kappa shape index (κ1) is 11.8. The molecule has 0 amide bonds. The zero-order chi connectivity index (χ0) is 13.2. The van der Waals surface area contributed by atoms with Gasteiger partial charge < -0.3 is 15.5 Å². The molecule has 19 heavy (non-hydrogen) atoms. The third-order valence-electron chi connectivity index (χ3n) is 2.41. The maximum atomic E-state index is 5.64. The van der Waals surface area contributed by atoms with E-state index < -0.39 is 0 Å². The highest BCUT2D eigenvalue weighted by atomic mass is 79.9. The number of anilines is 1. The molecule has 0 fully saturated rings. The number of imidazole rings is 1. The van der Waals surface area contributed by atoms with Crippen molar-refractivity contribution in [1.82, 2.24) is 24.9 Å².